The summed E-state index contributed by atoms with van der Waals surface area (Å²) in [4.78, 5) is 36.7. The summed E-state index contributed by atoms with van der Waals surface area (Å²) in [6.07, 6.45) is 40.1. The van der Waals surface area contributed by atoms with Gasteiger partial charge in [-0.2, -0.15) is 0 Å². The van der Waals surface area contributed by atoms with Gasteiger partial charge in [0.05, 0.1) is 40.3 Å². The first-order valence-corrected chi connectivity index (χ1v) is 20.7. The minimum atomic E-state index is -1.13. The molecule has 8 nitrogen and oxygen atoms in total. The molecular weight excluding hydrogens is 654 g/mol. The number of unbranched alkanes of at least 4 members (excludes halogenated alkanes) is 15. The number of nitrogens with zero attached hydrogens (tertiary/aromatic N) is 1. The van der Waals surface area contributed by atoms with Crippen LogP contribution in [0.4, 0.5) is 0 Å². The van der Waals surface area contributed by atoms with Crippen molar-refractivity contribution in [2.45, 2.75) is 174 Å². The number of carboxylic acid groups (broad SMARTS) is 1. The summed E-state index contributed by atoms with van der Waals surface area (Å²) in [5.74, 6) is -1.79. The minimum Gasteiger partial charge on any atom is -0.544 e. The summed E-state index contributed by atoms with van der Waals surface area (Å²) in [6, 6.07) is -0.730. The van der Waals surface area contributed by atoms with Gasteiger partial charge >= 0.3 is 11.9 Å². The first-order chi connectivity index (χ1) is 25.1. The normalized spacial score (nSPS) is 13.5. The summed E-state index contributed by atoms with van der Waals surface area (Å²) in [6.45, 7) is 4.46. The van der Waals surface area contributed by atoms with Crippen LogP contribution >= 0.6 is 0 Å². The molecule has 0 radical (unpaired) electrons. The smallest absolute Gasteiger partial charge is 0.306 e. The van der Waals surface area contributed by atoms with Crippen molar-refractivity contribution in [2.24, 2.45) is 0 Å². The van der Waals surface area contributed by atoms with Crippen LogP contribution in [0.2, 0.25) is 0 Å². The number of carbonyl (C=O) groups excluding carboxylic acids is 3. The first-order valence-electron chi connectivity index (χ1n) is 20.7. The van der Waals surface area contributed by atoms with E-state index in [1.165, 1.54) is 77.0 Å². The van der Waals surface area contributed by atoms with Gasteiger partial charge in [-0.25, -0.2) is 0 Å². The van der Waals surface area contributed by atoms with Crippen LogP contribution in [-0.4, -0.2) is 75.5 Å². The molecule has 0 aromatic rings. The number of quaternary nitrogens is 1. The van der Waals surface area contributed by atoms with Crippen molar-refractivity contribution in [1.82, 2.24) is 0 Å². The van der Waals surface area contributed by atoms with Crippen molar-refractivity contribution in [1.29, 1.82) is 0 Å². The third-order valence-corrected chi connectivity index (χ3v) is 8.98. The van der Waals surface area contributed by atoms with E-state index in [4.69, 9.17) is 14.2 Å². The number of hydrogen-bond acceptors (Lipinski definition) is 7. The highest BCUT2D eigenvalue weighted by atomic mass is 16.6. The minimum absolute atomic E-state index is 0.0282. The molecule has 2 atom stereocenters. The van der Waals surface area contributed by atoms with Crippen LogP contribution in [0.3, 0.4) is 0 Å². The molecule has 2 unspecified atom stereocenters. The predicted molar refractivity (Wildman–Crippen MR) is 213 cm³/mol. The van der Waals surface area contributed by atoms with Crippen molar-refractivity contribution in [3.8, 4) is 0 Å². The van der Waals surface area contributed by atoms with Crippen molar-refractivity contribution in [3.05, 3.63) is 48.6 Å². The van der Waals surface area contributed by atoms with E-state index in [0.717, 1.165) is 51.4 Å². The lowest BCUT2D eigenvalue weighted by Crippen LogP contribution is -2.55. The standard InChI is InChI=1S/C44H77NO7/c1-6-8-10-12-14-16-17-18-19-20-21-22-23-24-25-27-29-31-33-35-43(47)52-40(38-50-37-36-41(44(48)49)45(3,4)5)39-51-42(46)34-32-30-28-26-15-13-11-9-7-2/h9,11,14-18,26,40-41H,6-8,10,12-13,19-25,27-39H2,1-5H3/b11-9+,16-14+,18-17+,26-15+. The number of rotatable bonds is 36. The van der Waals surface area contributed by atoms with Gasteiger partial charge in [0, 0.05) is 19.3 Å². The topological polar surface area (TPSA) is 102 Å². The highest BCUT2D eigenvalue weighted by Crippen LogP contribution is 2.14. The molecule has 0 aromatic heterocycles. The third kappa shape index (κ3) is 33.1. The molecular formula is C44H77NO7. The summed E-state index contributed by atoms with van der Waals surface area (Å²) in [5, 5.41) is 11.6. The number of allylic oxidation sites excluding steroid dienone is 8. The first kappa shape index (κ1) is 49.3. The molecule has 0 aliphatic rings. The Morgan fingerprint density at radius 1 is 0.615 bits per heavy atom. The maximum absolute atomic E-state index is 12.7. The Kier molecular flexibility index (Phi) is 33.5. The van der Waals surface area contributed by atoms with Gasteiger partial charge in [0.2, 0.25) is 0 Å². The zero-order valence-corrected chi connectivity index (χ0v) is 34.0. The van der Waals surface area contributed by atoms with Gasteiger partial charge in [-0.15, -0.1) is 0 Å². The lowest BCUT2D eigenvalue weighted by molar-refractivity contribution is -0.889. The van der Waals surface area contributed by atoms with Gasteiger partial charge in [-0.3, -0.25) is 9.59 Å². The fraction of sp³-hybridized carbons (Fsp3) is 0.750. The van der Waals surface area contributed by atoms with Gasteiger partial charge in [0.15, 0.2) is 6.10 Å². The number of aliphatic carboxylic acids is 1. The zero-order chi connectivity index (χ0) is 38.5. The van der Waals surface area contributed by atoms with Crippen molar-refractivity contribution >= 4 is 17.9 Å². The molecule has 52 heavy (non-hydrogen) atoms. The Morgan fingerprint density at radius 2 is 1.13 bits per heavy atom. The molecule has 0 amide bonds. The predicted octanol–water partition coefficient (Wildman–Crippen LogP) is 9.52. The number of carboxylic acids is 1. The van der Waals surface area contributed by atoms with Crippen LogP contribution in [0.25, 0.3) is 0 Å². The molecule has 0 spiro atoms. The average molecular weight is 732 g/mol. The van der Waals surface area contributed by atoms with E-state index in [0.29, 0.717) is 12.8 Å². The lowest BCUT2D eigenvalue weighted by Gasteiger charge is -2.34. The molecule has 0 saturated heterocycles. The number of ether oxygens (including phenoxy) is 3. The number of carbonyl (C=O) groups is 3. The summed E-state index contributed by atoms with van der Waals surface area (Å²) in [7, 11) is 5.38. The second-order valence-electron chi connectivity index (χ2n) is 14.9. The second kappa shape index (κ2) is 35.3. The maximum atomic E-state index is 12.7. The largest absolute Gasteiger partial charge is 0.544 e. The second-order valence-corrected chi connectivity index (χ2v) is 14.9. The van der Waals surface area contributed by atoms with Gasteiger partial charge in [0.25, 0.3) is 0 Å². The van der Waals surface area contributed by atoms with E-state index in [9.17, 15) is 19.5 Å². The SMILES string of the molecule is CC/C=C/C/C=C/CCCCC(=O)OCC(COCCC(C(=O)[O-])[N+](C)(C)C)OC(=O)CCCCCCCCCCCC/C=C/C=C/CCCCC. The number of hydrogen-bond donors (Lipinski definition) is 0. The zero-order valence-electron chi connectivity index (χ0n) is 34.0. The third-order valence-electron chi connectivity index (χ3n) is 8.98. The lowest BCUT2D eigenvalue weighted by atomic mass is 10.1. The van der Waals surface area contributed by atoms with Gasteiger partial charge in [0.1, 0.15) is 12.6 Å². The van der Waals surface area contributed by atoms with Crippen molar-refractivity contribution in [2.75, 3.05) is 41.0 Å². The molecule has 0 aliphatic carbocycles. The molecule has 0 heterocycles. The molecule has 300 valence electrons. The Balaban J connectivity index is 4.33. The van der Waals surface area contributed by atoms with Crippen molar-refractivity contribution < 1.29 is 38.2 Å². The number of likely N-dealkylation sites (N-methyl/N-ethyl adjacent to an activating group) is 1. The van der Waals surface area contributed by atoms with E-state index >= 15 is 0 Å². The fourth-order valence-corrected chi connectivity index (χ4v) is 5.74. The molecule has 8 heteroatoms. The van der Waals surface area contributed by atoms with E-state index in [-0.39, 0.29) is 42.7 Å². The molecule has 0 saturated carbocycles. The summed E-state index contributed by atoms with van der Waals surface area (Å²) >= 11 is 0. The highest BCUT2D eigenvalue weighted by molar-refractivity contribution is 5.70. The molecule has 0 fully saturated rings. The van der Waals surface area contributed by atoms with Crippen LogP contribution in [0.15, 0.2) is 48.6 Å². The van der Waals surface area contributed by atoms with Gasteiger partial charge in [-0.1, -0.05) is 127 Å². The monoisotopic (exact) mass is 732 g/mol. The van der Waals surface area contributed by atoms with Crippen molar-refractivity contribution in [3.63, 3.8) is 0 Å². The molecule has 0 rings (SSSR count). The summed E-state index contributed by atoms with van der Waals surface area (Å²) in [5.41, 5.74) is 0. The van der Waals surface area contributed by atoms with Crippen LogP contribution in [-0.2, 0) is 28.6 Å². The van der Waals surface area contributed by atoms with Crippen LogP contribution in [0.5, 0.6) is 0 Å². The Morgan fingerprint density at radius 3 is 1.73 bits per heavy atom. The Bertz CT molecular complexity index is 995. The van der Waals surface area contributed by atoms with E-state index < -0.39 is 18.1 Å². The van der Waals surface area contributed by atoms with Gasteiger partial charge < -0.3 is 28.6 Å². The van der Waals surface area contributed by atoms with E-state index in [2.05, 4.69) is 62.5 Å². The van der Waals surface area contributed by atoms with Crippen LogP contribution in [0.1, 0.15) is 162 Å². The van der Waals surface area contributed by atoms with Gasteiger partial charge in [-0.05, 0) is 64.2 Å². The Hall–Kier alpha value is -2.71. The summed E-state index contributed by atoms with van der Waals surface area (Å²) < 4.78 is 17.1. The average Bonchev–Trinajstić information content (AvgIpc) is 3.09. The van der Waals surface area contributed by atoms with Crippen LogP contribution < -0.4 is 5.11 Å². The molecule has 0 aliphatic heterocycles. The maximum Gasteiger partial charge on any atom is 0.306 e. The molecule has 0 N–H and O–H groups in total. The highest BCUT2D eigenvalue weighted by Gasteiger charge is 2.25. The van der Waals surface area contributed by atoms with Crippen LogP contribution in [0, 0.1) is 0 Å². The van der Waals surface area contributed by atoms with E-state index in [1.54, 1.807) is 21.1 Å². The Labute approximate surface area is 318 Å². The molecule has 0 aromatic carbocycles. The number of esters is 2. The molecule has 0 bridgehead atoms. The van der Waals surface area contributed by atoms with E-state index in [1.807, 2.05) is 0 Å². The fourth-order valence-electron chi connectivity index (χ4n) is 5.74. The quantitative estimate of drug-likeness (QED) is 0.0208.